The van der Waals surface area contributed by atoms with E-state index in [1.165, 1.54) is 12.8 Å². The molecule has 0 aliphatic heterocycles. The van der Waals surface area contributed by atoms with Gasteiger partial charge in [0.15, 0.2) is 0 Å². The first-order valence-electron chi connectivity index (χ1n) is 3.83. The Labute approximate surface area is 84.8 Å². The zero-order valence-corrected chi connectivity index (χ0v) is 7.41. The molecular weight excluding hydrogens is 144 g/mol. The first-order valence-corrected chi connectivity index (χ1v) is 3.83. The van der Waals surface area contributed by atoms with Gasteiger partial charge >= 0.3 is 0 Å². The molecule has 0 bridgehead atoms. The first kappa shape index (κ1) is 58.1. The Morgan fingerprint density at radius 2 is 0.500 bits per heavy atom. The fraction of sp³-hybridized carbons (Fsp3) is 1.00. The maximum Gasteiger partial charge on any atom is -0.0590 e. The van der Waals surface area contributed by atoms with E-state index < -0.39 is 0 Å². The predicted molar refractivity (Wildman–Crippen MR) is 70.2 cm³/mol. The van der Waals surface area contributed by atoms with Crippen LogP contribution >= 0.6 is 0 Å². The molecule has 0 aromatic rings. The molecule has 86 valence electrons. The van der Waals surface area contributed by atoms with Crippen LogP contribution in [0.25, 0.3) is 0 Å². The minimum absolute atomic E-state index is 0. The van der Waals surface area contributed by atoms with E-state index in [-0.39, 0.29) is 29.7 Å². The van der Waals surface area contributed by atoms with Gasteiger partial charge in [-0.15, -0.1) is 0 Å². The van der Waals surface area contributed by atoms with E-state index in [0.717, 1.165) is 0 Å². The van der Waals surface area contributed by atoms with Crippen molar-refractivity contribution >= 4 is 0 Å². The molecule has 0 N–H and O–H groups in total. The third kappa shape index (κ3) is 0. The first-order chi connectivity index (χ1) is 3.83. The Bertz CT molecular complexity index is 2.00. The molecule has 0 heterocycles. The highest BCUT2D eigenvalue weighted by molar-refractivity contribution is 3.92. The van der Waals surface area contributed by atoms with Crippen LogP contribution in [0.3, 0.4) is 0 Å². The largest absolute Gasteiger partial charge is 0.0776 e. The normalized spacial score (nSPS) is 3.50. The zero-order valence-electron chi connectivity index (χ0n) is 7.41. The predicted octanol–water partition coefficient (Wildman–Crippen LogP) is 6.40. The van der Waals surface area contributed by atoms with Crippen molar-refractivity contribution in [3.63, 3.8) is 0 Å². The second-order valence-corrected chi connectivity index (χ2v) is 1.41. The molecule has 0 unspecified atom stereocenters. The highest BCUT2D eigenvalue weighted by Crippen LogP contribution is 1.56. The van der Waals surface area contributed by atoms with Crippen LogP contribution in [-0.4, -0.2) is 0 Å². The average molecular weight is 182 g/mol. The Morgan fingerprint density at radius 3 is 0.500 bits per heavy atom. The van der Waals surface area contributed by atoms with E-state index in [9.17, 15) is 0 Å². The molecule has 0 aliphatic carbocycles. The molecule has 0 saturated heterocycles. The van der Waals surface area contributed by atoms with E-state index in [1.54, 1.807) is 0 Å². The van der Waals surface area contributed by atoms with Gasteiger partial charge in [0.05, 0.1) is 0 Å². The molecule has 0 heteroatoms. The molecule has 0 rings (SSSR count). The Morgan fingerprint density at radius 1 is 0.500 bits per heavy atom. The minimum Gasteiger partial charge on any atom is -0.0776 e. The molecule has 0 aromatic heterocycles. The Hall–Kier alpha value is 0. The summed E-state index contributed by atoms with van der Waals surface area (Å²) in [5, 5.41) is 0. The molecule has 0 radical (unpaired) electrons. The van der Waals surface area contributed by atoms with Gasteiger partial charge in [-0.1, -0.05) is 84.1 Å². The SMILES string of the molecule is C.C.C.C.CC.CCC.CCC. The second kappa shape index (κ2) is 275. The van der Waals surface area contributed by atoms with E-state index in [0.29, 0.717) is 0 Å². The zero-order chi connectivity index (χ0) is 7.41. The van der Waals surface area contributed by atoms with Crippen LogP contribution in [0.1, 0.15) is 84.1 Å². The molecule has 0 amide bonds. The van der Waals surface area contributed by atoms with Crippen molar-refractivity contribution in [2.24, 2.45) is 0 Å². The van der Waals surface area contributed by atoms with Crippen LogP contribution < -0.4 is 0 Å². The summed E-state index contributed by atoms with van der Waals surface area (Å²) < 4.78 is 0. The van der Waals surface area contributed by atoms with Gasteiger partial charge < -0.3 is 0 Å². The maximum atomic E-state index is 2.12. The summed E-state index contributed by atoms with van der Waals surface area (Å²) in [5.74, 6) is 0. The third-order valence-corrected chi connectivity index (χ3v) is 0. The van der Waals surface area contributed by atoms with Crippen LogP contribution in [0.2, 0.25) is 0 Å². The molecule has 0 nitrogen and oxygen atoms in total. The molecule has 12 heavy (non-hydrogen) atoms. The lowest BCUT2D eigenvalue weighted by Gasteiger charge is -1.48. The summed E-state index contributed by atoms with van der Waals surface area (Å²) in [5.41, 5.74) is 0. The smallest absolute Gasteiger partial charge is 0.0590 e. The summed E-state index contributed by atoms with van der Waals surface area (Å²) >= 11 is 0. The quantitative estimate of drug-likeness (QED) is 0.406. The van der Waals surface area contributed by atoms with E-state index in [1.807, 2.05) is 13.8 Å². The third-order valence-electron chi connectivity index (χ3n) is 0. The van der Waals surface area contributed by atoms with Gasteiger partial charge in [0.25, 0.3) is 0 Å². The topological polar surface area (TPSA) is 0 Å². The Kier molecular flexibility index (Phi) is 1330. The van der Waals surface area contributed by atoms with E-state index >= 15 is 0 Å². The van der Waals surface area contributed by atoms with Crippen molar-refractivity contribution in [1.82, 2.24) is 0 Å². The lowest BCUT2D eigenvalue weighted by atomic mass is 10.6. The molecule has 0 spiro atoms. The number of hydrogen-bond donors (Lipinski definition) is 0. The van der Waals surface area contributed by atoms with Gasteiger partial charge in [0.1, 0.15) is 0 Å². The number of rotatable bonds is 0. The van der Waals surface area contributed by atoms with Crippen molar-refractivity contribution in [3.8, 4) is 0 Å². The summed E-state index contributed by atoms with van der Waals surface area (Å²) in [6.07, 6.45) is 2.50. The summed E-state index contributed by atoms with van der Waals surface area (Å²) in [6.45, 7) is 12.5. The van der Waals surface area contributed by atoms with Crippen LogP contribution in [0.5, 0.6) is 0 Å². The molecule has 0 atom stereocenters. The maximum absolute atomic E-state index is 2.12. The summed E-state index contributed by atoms with van der Waals surface area (Å²) in [4.78, 5) is 0. The highest BCUT2D eigenvalue weighted by Gasteiger charge is 1.36. The second-order valence-electron chi connectivity index (χ2n) is 1.41. The van der Waals surface area contributed by atoms with Crippen molar-refractivity contribution in [2.45, 2.75) is 84.1 Å². The van der Waals surface area contributed by atoms with Crippen LogP contribution in [0.15, 0.2) is 0 Å². The Balaban J connectivity index is -0.00000000544. The van der Waals surface area contributed by atoms with Crippen molar-refractivity contribution < 1.29 is 0 Å². The molecule has 0 fully saturated rings. The summed E-state index contributed by atoms with van der Waals surface area (Å²) in [6, 6.07) is 0. The van der Waals surface area contributed by atoms with E-state index in [2.05, 4.69) is 27.7 Å². The fourth-order valence-electron chi connectivity index (χ4n) is 0. The fourth-order valence-corrected chi connectivity index (χ4v) is 0. The van der Waals surface area contributed by atoms with Gasteiger partial charge in [-0.25, -0.2) is 0 Å². The molecule has 0 aromatic carbocycles. The highest BCUT2D eigenvalue weighted by atomic mass is 13.4. The molecule has 0 aliphatic rings. The summed E-state index contributed by atoms with van der Waals surface area (Å²) in [7, 11) is 0. The van der Waals surface area contributed by atoms with Crippen molar-refractivity contribution in [1.29, 1.82) is 0 Å². The van der Waals surface area contributed by atoms with Gasteiger partial charge in [0.2, 0.25) is 0 Å². The molecule has 0 saturated carbocycles. The van der Waals surface area contributed by atoms with Gasteiger partial charge in [0, 0.05) is 0 Å². The molecular formula is C12H38. The van der Waals surface area contributed by atoms with Gasteiger partial charge in [-0.2, -0.15) is 0 Å². The van der Waals surface area contributed by atoms with Gasteiger partial charge in [-0.3, -0.25) is 0 Å². The van der Waals surface area contributed by atoms with Crippen LogP contribution in [0, 0.1) is 0 Å². The van der Waals surface area contributed by atoms with E-state index in [4.69, 9.17) is 0 Å². The number of hydrogen-bond acceptors (Lipinski definition) is 0. The van der Waals surface area contributed by atoms with Crippen molar-refractivity contribution in [3.05, 3.63) is 0 Å². The van der Waals surface area contributed by atoms with Crippen LogP contribution in [-0.2, 0) is 0 Å². The van der Waals surface area contributed by atoms with Crippen molar-refractivity contribution in [2.75, 3.05) is 0 Å². The van der Waals surface area contributed by atoms with Gasteiger partial charge in [-0.05, 0) is 0 Å². The average Bonchev–Trinajstić information content (AvgIpc) is 1.75. The van der Waals surface area contributed by atoms with Crippen LogP contribution in [0.4, 0.5) is 0 Å². The standard InChI is InChI=1S/2C3H8.C2H6.4CH4/c2*1-3-2;1-2;;;;/h2*3H2,1-2H3;1-2H3;4*1H4. The lowest BCUT2D eigenvalue weighted by molar-refractivity contribution is 1.09. The lowest BCUT2D eigenvalue weighted by Crippen LogP contribution is -1.27. The minimum atomic E-state index is 0. The monoisotopic (exact) mass is 182 g/mol.